The van der Waals surface area contributed by atoms with Crippen molar-refractivity contribution in [3.8, 4) is 12.3 Å². The molecule has 1 heterocycles. The largest absolute Gasteiger partial charge is 0.127 e. The topological polar surface area (TPSA) is 0 Å². The van der Waals surface area contributed by atoms with Crippen LogP contribution in [0.2, 0.25) is 0 Å². The Hall–Kier alpha value is 0.560. The Bertz CT molecular complexity index is 204. The lowest BCUT2D eigenvalue weighted by atomic mass is 10.1. The number of rotatable bonds is 1. The van der Waals surface area contributed by atoms with Gasteiger partial charge in [-0.15, -0.1) is 23.7 Å². The Morgan fingerprint density at radius 1 is 1.80 bits per heavy atom. The molecular formula is C7H11PS2. The second kappa shape index (κ2) is 3.30. The molecule has 0 aromatic rings. The fraction of sp³-hybridized carbons (Fsp3) is 0.714. The quantitative estimate of drug-likeness (QED) is 0.460. The highest BCUT2D eigenvalue weighted by Gasteiger charge is 2.27. The Balaban J connectivity index is 2.60. The highest BCUT2D eigenvalue weighted by molar-refractivity contribution is 8.70. The van der Waals surface area contributed by atoms with Crippen LogP contribution in [-0.2, 0) is 11.8 Å². The lowest BCUT2D eigenvalue weighted by molar-refractivity contribution is 0.776. The zero-order chi connectivity index (χ0) is 7.61. The van der Waals surface area contributed by atoms with E-state index in [4.69, 9.17) is 18.2 Å². The van der Waals surface area contributed by atoms with E-state index in [9.17, 15) is 0 Å². The second-order valence-electron chi connectivity index (χ2n) is 2.56. The van der Waals surface area contributed by atoms with Gasteiger partial charge in [0.15, 0.2) is 0 Å². The summed E-state index contributed by atoms with van der Waals surface area (Å²) >= 11 is 7.37. The Kier molecular flexibility index (Phi) is 2.86. The van der Waals surface area contributed by atoms with Crippen molar-refractivity contribution in [3.05, 3.63) is 0 Å². The van der Waals surface area contributed by atoms with E-state index in [1.807, 2.05) is 11.4 Å². The maximum absolute atomic E-state index is 5.49. The van der Waals surface area contributed by atoms with Crippen molar-refractivity contribution < 1.29 is 0 Å². The molecule has 0 saturated carbocycles. The SMILES string of the molecule is C#CC1CCP(=S)(SC)C1. The summed E-state index contributed by atoms with van der Waals surface area (Å²) in [7, 11) is 0. The fourth-order valence-corrected chi connectivity index (χ4v) is 6.06. The molecule has 1 fully saturated rings. The smallest absolute Gasteiger partial charge is 0.0258 e. The van der Waals surface area contributed by atoms with Gasteiger partial charge in [-0.3, -0.25) is 0 Å². The van der Waals surface area contributed by atoms with Gasteiger partial charge in [-0.2, -0.15) is 0 Å². The molecule has 0 aromatic heterocycles. The van der Waals surface area contributed by atoms with E-state index in [0.29, 0.717) is 5.92 Å². The van der Waals surface area contributed by atoms with Crippen molar-refractivity contribution in [2.24, 2.45) is 5.92 Å². The Labute approximate surface area is 71.9 Å². The molecule has 0 amide bonds. The van der Waals surface area contributed by atoms with Gasteiger partial charge in [0.1, 0.15) is 0 Å². The molecule has 1 aliphatic heterocycles. The Morgan fingerprint density at radius 2 is 2.50 bits per heavy atom. The number of hydrogen-bond donors (Lipinski definition) is 0. The first-order valence-corrected chi connectivity index (χ1v) is 8.30. The Morgan fingerprint density at radius 3 is 2.80 bits per heavy atom. The first-order chi connectivity index (χ1) is 4.70. The fourth-order valence-electron chi connectivity index (χ4n) is 1.17. The van der Waals surface area contributed by atoms with E-state index in [1.54, 1.807) is 0 Å². The third-order valence-corrected chi connectivity index (χ3v) is 9.82. The van der Waals surface area contributed by atoms with E-state index >= 15 is 0 Å². The van der Waals surface area contributed by atoms with Crippen LogP contribution in [0.4, 0.5) is 0 Å². The average Bonchev–Trinajstić information content (AvgIpc) is 2.33. The molecule has 0 aromatic carbocycles. The summed E-state index contributed by atoms with van der Waals surface area (Å²) in [5.74, 6) is 3.30. The van der Waals surface area contributed by atoms with Gasteiger partial charge in [0.05, 0.1) is 0 Å². The molecule has 1 aliphatic rings. The summed E-state index contributed by atoms with van der Waals surface area (Å²) in [6.45, 7) is 0. The van der Waals surface area contributed by atoms with Gasteiger partial charge < -0.3 is 0 Å². The molecule has 3 heteroatoms. The van der Waals surface area contributed by atoms with Crippen molar-refractivity contribution in [1.82, 2.24) is 0 Å². The molecule has 0 N–H and O–H groups in total. The van der Waals surface area contributed by atoms with Crippen LogP contribution >= 0.6 is 16.6 Å². The van der Waals surface area contributed by atoms with Gasteiger partial charge in [0.2, 0.25) is 0 Å². The second-order valence-corrected chi connectivity index (χ2v) is 11.3. The summed E-state index contributed by atoms with van der Waals surface area (Å²) in [4.78, 5) is 0. The highest BCUT2D eigenvalue weighted by atomic mass is 32.9. The zero-order valence-corrected chi connectivity index (χ0v) is 8.57. The maximum Gasteiger partial charge on any atom is 0.0258 e. The monoisotopic (exact) mass is 190 g/mol. The molecule has 56 valence electrons. The molecule has 0 nitrogen and oxygen atoms in total. The molecule has 1 saturated heterocycles. The van der Waals surface area contributed by atoms with Crippen LogP contribution in [0.3, 0.4) is 0 Å². The van der Waals surface area contributed by atoms with Crippen molar-refractivity contribution >= 4 is 28.4 Å². The molecular weight excluding hydrogens is 179 g/mol. The van der Waals surface area contributed by atoms with Gasteiger partial charge in [-0.1, -0.05) is 11.8 Å². The van der Waals surface area contributed by atoms with Crippen LogP contribution < -0.4 is 0 Å². The molecule has 2 atom stereocenters. The summed E-state index contributed by atoms with van der Waals surface area (Å²) in [5.41, 5.74) is 0. The first kappa shape index (κ1) is 8.65. The first-order valence-electron chi connectivity index (χ1n) is 3.30. The lowest BCUT2D eigenvalue weighted by Gasteiger charge is -2.09. The third kappa shape index (κ3) is 1.78. The van der Waals surface area contributed by atoms with Gasteiger partial charge in [0.25, 0.3) is 0 Å². The van der Waals surface area contributed by atoms with E-state index in [-0.39, 0.29) is 0 Å². The minimum atomic E-state index is -1.02. The molecule has 0 aliphatic carbocycles. The van der Waals surface area contributed by atoms with Crippen LogP contribution in [0.1, 0.15) is 6.42 Å². The van der Waals surface area contributed by atoms with Crippen LogP contribution in [0, 0.1) is 18.3 Å². The minimum Gasteiger partial charge on any atom is -0.127 e. The number of hydrogen-bond acceptors (Lipinski definition) is 2. The predicted octanol–water partition coefficient (Wildman–Crippen LogP) is 2.40. The van der Waals surface area contributed by atoms with E-state index in [0.717, 1.165) is 6.16 Å². The van der Waals surface area contributed by atoms with E-state index in [2.05, 4.69) is 12.2 Å². The predicted molar refractivity (Wildman–Crippen MR) is 54.5 cm³/mol. The molecule has 0 spiro atoms. The average molecular weight is 190 g/mol. The van der Waals surface area contributed by atoms with Crippen molar-refractivity contribution in [1.29, 1.82) is 0 Å². The zero-order valence-electron chi connectivity index (χ0n) is 6.04. The maximum atomic E-state index is 5.49. The third-order valence-electron chi connectivity index (χ3n) is 1.89. The van der Waals surface area contributed by atoms with Gasteiger partial charge in [0, 0.05) is 11.2 Å². The van der Waals surface area contributed by atoms with Crippen LogP contribution in [0.25, 0.3) is 0 Å². The van der Waals surface area contributed by atoms with Gasteiger partial charge >= 0.3 is 0 Å². The molecule has 0 bridgehead atoms. The standard InChI is InChI=1S/C7H11PS2/c1-3-7-4-5-8(9,6-7)10-2/h1,7H,4-6H2,2H3. The van der Waals surface area contributed by atoms with Gasteiger partial charge in [-0.05, 0) is 25.0 Å². The molecule has 0 radical (unpaired) electrons. The highest BCUT2D eigenvalue weighted by Crippen LogP contribution is 2.63. The normalized spacial score (nSPS) is 39.4. The molecule has 1 rings (SSSR count). The number of terminal acetylenes is 1. The van der Waals surface area contributed by atoms with Crippen molar-refractivity contribution in [2.45, 2.75) is 6.42 Å². The lowest BCUT2D eigenvalue weighted by Crippen LogP contribution is -1.91. The van der Waals surface area contributed by atoms with E-state index < -0.39 is 5.24 Å². The summed E-state index contributed by atoms with van der Waals surface area (Å²) in [5, 5.41) is -1.02. The summed E-state index contributed by atoms with van der Waals surface area (Å²) in [6.07, 6.45) is 11.0. The minimum absolute atomic E-state index is 0.498. The van der Waals surface area contributed by atoms with Crippen molar-refractivity contribution in [2.75, 3.05) is 18.6 Å². The van der Waals surface area contributed by atoms with E-state index in [1.165, 1.54) is 12.6 Å². The van der Waals surface area contributed by atoms with Crippen LogP contribution in [-0.4, -0.2) is 18.6 Å². The van der Waals surface area contributed by atoms with Gasteiger partial charge in [-0.25, -0.2) is 0 Å². The summed E-state index contributed by atoms with van der Waals surface area (Å²) in [6, 6.07) is 0. The molecule has 10 heavy (non-hydrogen) atoms. The van der Waals surface area contributed by atoms with Crippen LogP contribution in [0.15, 0.2) is 0 Å². The van der Waals surface area contributed by atoms with Crippen molar-refractivity contribution in [3.63, 3.8) is 0 Å². The van der Waals surface area contributed by atoms with Crippen LogP contribution in [0.5, 0.6) is 0 Å². The molecule has 2 unspecified atom stereocenters. The summed E-state index contributed by atoms with van der Waals surface area (Å²) < 4.78 is 0.